The lowest BCUT2D eigenvalue weighted by Gasteiger charge is -2.33. The van der Waals surface area contributed by atoms with Crippen molar-refractivity contribution in [1.82, 2.24) is 0 Å². The topological polar surface area (TPSA) is 0 Å². The van der Waals surface area contributed by atoms with Crippen LogP contribution in [0.2, 0.25) is 0 Å². The quantitative estimate of drug-likeness (QED) is 0.547. The summed E-state index contributed by atoms with van der Waals surface area (Å²) in [7, 11) is 0. The third kappa shape index (κ3) is 6.22. The summed E-state index contributed by atoms with van der Waals surface area (Å²) in [5, 5.41) is 0. The molecule has 94 valence electrons. The largest absolute Gasteiger partial charge is 0.0776 e. The van der Waals surface area contributed by atoms with Crippen LogP contribution >= 0.6 is 0 Å². The van der Waals surface area contributed by atoms with Gasteiger partial charge in [-0.05, 0) is 30.1 Å². The van der Waals surface area contributed by atoms with Gasteiger partial charge in [-0.2, -0.15) is 0 Å². The van der Waals surface area contributed by atoms with Crippen molar-refractivity contribution in [2.75, 3.05) is 0 Å². The second kappa shape index (κ2) is 9.24. The van der Waals surface area contributed by atoms with Gasteiger partial charge in [-0.1, -0.05) is 68.2 Å². The van der Waals surface area contributed by atoms with Crippen LogP contribution in [0.3, 0.4) is 0 Å². The van der Waals surface area contributed by atoms with E-state index in [-0.39, 0.29) is 7.43 Å². The Morgan fingerprint density at radius 3 is 1.40 bits per heavy atom. The van der Waals surface area contributed by atoms with E-state index in [1.807, 2.05) is 13.8 Å². The molecule has 1 aliphatic rings. The standard InChI is InChI=1S/C12H24.C2H6.CH4/c1-9(2)11-6-5-7-12(8-11)10(3)4;1-2;/h9-12H,5-8H2,1-4H3;1-2H3;1H4. The average Bonchev–Trinajstić information content (AvgIpc) is 2.21. The van der Waals surface area contributed by atoms with Gasteiger partial charge >= 0.3 is 0 Å². The van der Waals surface area contributed by atoms with E-state index in [1.165, 1.54) is 25.7 Å². The van der Waals surface area contributed by atoms with E-state index in [1.54, 1.807) is 0 Å². The minimum absolute atomic E-state index is 0. The SMILES string of the molecule is C.CC.CC(C)C1CCCC(C(C)C)C1. The Morgan fingerprint density at radius 2 is 1.13 bits per heavy atom. The fourth-order valence-electron chi connectivity index (χ4n) is 2.48. The summed E-state index contributed by atoms with van der Waals surface area (Å²) in [6.45, 7) is 13.5. The van der Waals surface area contributed by atoms with Crippen LogP contribution in [0.1, 0.15) is 74.7 Å². The van der Waals surface area contributed by atoms with Gasteiger partial charge in [-0.15, -0.1) is 0 Å². The third-order valence-electron chi connectivity index (χ3n) is 3.64. The molecule has 15 heavy (non-hydrogen) atoms. The summed E-state index contributed by atoms with van der Waals surface area (Å²) >= 11 is 0. The Bertz CT molecular complexity index is 110. The number of hydrogen-bond donors (Lipinski definition) is 0. The number of rotatable bonds is 2. The van der Waals surface area contributed by atoms with Crippen LogP contribution in [0.25, 0.3) is 0 Å². The zero-order chi connectivity index (χ0) is 11.1. The molecule has 0 saturated heterocycles. The predicted octanol–water partition coefficient (Wildman–Crippen LogP) is 5.77. The highest BCUT2D eigenvalue weighted by molar-refractivity contribution is 4.76. The Morgan fingerprint density at radius 1 is 0.800 bits per heavy atom. The molecule has 0 N–H and O–H groups in total. The highest BCUT2D eigenvalue weighted by Gasteiger charge is 2.25. The second-order valence-corrected chi connectivity index (χ2v) is 5.17. The Balaban J connectivity index is 0. The molecule has 0 nitrogen and oxygen atoms in total. The summed E-state index contributed by atoms with van der Waals surface area (Å²) in [5.74, 6) is 3.86. The van der Waals surface area contributed by atoms with Crippen LogP contribution in [0.4, 0.5) is 0 Å². The highest BCUT2D eigenvalue weighted by atomic mass is 14.3. The average molecular weight is 214 g/mol. The smallest absolute Gasteiger partial charge is 0.0388 e. The van der Waals surface area contributed by atoms with Crippen molar-refractivity contribution in [2.24, 2.45) is 23.7 Å². The molecule has 1 fully saturated rings. The molecule has 0 spiro atoms. The van der Waals surface area contributed by atoms with E-state index >= 15 is 0 Å². The van der Waals surface area contributed by atoms with Gasteiger partial charge < -0.3 is 0 Å². The molecular weight excluding hydrogens is 180 g/mol. The van der Waals surface area contributed by atoms with Crippen LogP contribution in [-0.4, -0.2) is 0 Å². The van der Waals surface area contributed by atoms with E-state index in [9.17, 15) is 0 Å². The first kappa shape index (κ1) is 17.4. The summed E-state index contributed by atoms with van der Waals surface area (Å²) in [6, 6.07) is 0. The lowest BCUT2D eigenvalue weighted by atomic mass is 9.72. The normalized spacial score (nSPS) is 25.6. The predicted molar refractivity (Wildman–Crippen MR) is 73.2 cm³/mol. The summed E-state index contributed by atoms with van der Waals surface area (Å²) < 4.78 is 0. The van der Waals surface area contributed by atoms with Crippen LogP contribution in [0, 0.1) is 23.7 Å². The molecule has 2 atom stereocenters. The fraction of sp³-hybridized carbons (Fsp3) is 1.00. The molecule has 0 aliphatic heterocycles. The summed E-state index contributed by atoms with van der Waals surface area (Å²) in [5.41, 5.74) is 0. The van der Waals surface area contributed by atoms with Crippen LogP contribution < -0.4 is 0 Å². The molecule has 0 aromatic heterocycles. The van der Waals surface area contributed by atoms with Crippen molar-refractivity contribution in [3.63, 3.8) is 0 Å². The second-order valence-electron chi connectivity index (χ2n) is 5.17. The summed E-state index contributed by atoms with van der Waals surface area (Å²) in [6.07, 6.45) is 5.95. The Labute approximate surface area is 98.9 Å². The first-order chi connectivity index (χ1) is 6.61. The van der Waals surface area contributed by atoms with Gasteiger partial charge in [0.1, 0.15) is 0 Å². The third-order valence-corrected chi connectivity index (χ3v) is 3.64. The van der Waals surface area contributed by atoms with E-state index in [2.05, 4.69) is 27.7 Å². The lowest BCUT2D eigenvalue weighted by Crippen LogP contribution is -2.22. The molecule has 0 aromatic rings. The van der Waals surface area contributed by atoms with E-state index in [4.69, 9.17) is 0 Å². The van der Waals surface area contributed by atoms with E-state index in [0.29, 0.717) is 0 Å². The molecule has 0 bridgehead atoms. The Kier molecular flexibility index (Phi) is 10.7. The first-order valence-corrected chi connectivity index (χ1v) is 6.61. The zero-order valence-corrected chi connectivity index (χ0v) is 11.1. The minimum Gasteiger partial charge on any atom is -0.0776 e. The van der Waals surface area contributed by atoms with E-state index < -0.39 is 0 Å². The maximum atomic E-state index is 2.38. The summed E-state index contributed by atoms with van der Waals surface area (Å²) in [4.78, 5) is 0. The van der Waals surface area contributed by atoms with E-state index in [0.717, 1.165) is 23.7 Å². The lowest BCUT2D eigenvalue weighted by molar-refractivity contribution is 0.177. The Hall–Kier alpha value is 0. The first-order valence-electron chi connectivity index (χ1n) is 6.61. The monoisotopic (exact) mass is 214 g/mol. The molecule has 1 saturated carbocycles. The van der Waals surface area contributed by atoms with Crippen molar-refractivity contribution in [3.8, 4) is 0 Å². The molecule has 1 aliphatic carbocycles. The molecule has 0 aromatic carbocycles. The van der Waals surface area contributed by atoms with Crippen molar-refractivity contribution in [2.45, 2.75) is 74.7 Å². The van der Waals surface area contributed by atoms with Crippen molar-refractivity contribution in [3.05, 3.63) is 0 Å². The number of hydrogen-bond acceptors (Lipinski definition) is 0. The maximum Gasteiger partial charge on any atom is -0.0388 e. The van der Waals surface area contributed by atoms with Gasteiger partial charge in [0, 0.05) is 0 Å². The molecule has 2 unspecified atom stereocenters. The van der Waals surface area contributed by atoms with Crippen LogP contribution in [0.5, 0.6) is 0 Å². The van der Waals surface area contributed by atoms with Gasteiger partial charge in [0.25, 0.3) is 0 Å². The molecule has 1 rings (SSSR count). The molecule has 0 heteroatoms. The minimum atomic E-state index is 0. The van der Waals surface area contributed by atoms with Crippen molar-refractivity contribution < 1.29 is 0 Å². The van der Waals surface area contributed by atoms with Gasteiger partial charge in [0.15, 0.2) is 0 Å². The van der Waals surface area contributed by atoms with Crippen molar-refractivity contribution >= 4 is 0 Å². The van der Waals surface area contributed by atoms with Crippen LogP contribution in [0.15, 0.2) is 0 Å². The van der Waals surface area contributed by atoms with Gasteiger partial charge in [-0.3, -0.25) is 0 Å². The van der Waals surface area contributed by atoms with Gasteiger partial charge in [0.2, 0.25) is 0 Å². The van der Waals surface area contributed by atoms with Gasteiger partial charge in [0.05, 0.1) is 0 Å². The zero-order valence-electron chi connectivity index (χ0n) is 11.1. The molecular formula is C15H34. The molecule has 0 radical (unpaired) electrons. The molecule has 0 heterocycles. The maximum absolute atomic E-state index is 2.38. The van der Waals surface area contributed by atoms with Crippen LogP contribution in [-0.2, 0) is 0 Å². The highest BCUT2D eigenvalue weighted by Crippen LogP contribution is 2.36. The molecule has 0 amide bonds. The van der Waals surface area contributed by atoms with Gasteiger partial charge in [-0.25, -0.2) is 0 Å². The van der Waals surface area contributed by atoms with Crippen molar-refractivity contribution in [1.29, 1.82) is 0 Å². The fourth-order valence-corrected chi connectivity index (χ4v) is 2.48.